The van der Waals surface area contributed by atoms with E-state index in [1.165, 1.54) is 11.4 Å². The standard InChI is InChI=1S/C22H21N3/c1-16(2)25(18-8-4-3-5-9-18)19-14-12-17(13-15-19)22-23-20-10-6-7-11-21(20)24-22/h3-16H,1-2H3,(H,23,24). The smallest absolute Gasteiger partial charge is 0.138 e. The molecule has 0 radical (unpaired) electrons. The predicted octanol–water partition coefficient (Wildman–Crippen LogP) is 5.78. The van der Waals surface area contributed by atoms with E-state index >= 15 is 0 Å². The summed E-state index contributed by atoms with van der Waals surface area (Å²) < 4.78 is 0. The molecule has 1 N–H and O–H groups in total. The van der Waals surface area contributed by atoms with Crippen LogP contribution in [0.4, 0.5) is 11.4 Å². The number of benzene rings is 3. The van der Waals surface area contributed by atoms with Crippen LogP contribution in [0.15, 0.2) is 78.9 Å². The second-order valence-electron chi connectivity index (χ2n) is 6.45. The number of nitrogens with one attached hydrogen (secondary N) is 1. The normalized spacial score (nSPS) is 11.2. The second-order valence-corrected chi connectivity index (χ2v) is 6.45. The van der Waals surface area contributed by atoms with Crippen LogP contribution in [0.2, 0.25) is 0 Å². The van der Waals surface area contributed by atoms with Gasteiger partial charge in [-0.05, 0) is 62.4 Å². The van der Waals surface area contributed by atoms with Crippen LogP contribution in [0, 0.1) is 0 Å². The molecule has 1 heterocycles. The Morgan fingerprint density at radius 2 is 1.40 bits per heavy atom. The van der Waals surface area contributed by atoms with Gasteiger partial charge in [0.1, 0.15) is 5.82 Å². The first-order chi connectivity index (χ1) is 12.2. The summed E-state index contributed by atoms with van der Waals surface area (Å²) in [5.74, 6) is 0.906. The molecule has 1 aromatic heterocycles. The zero-order chi connectivity index (χ0) is 17.2. The molecule has 124 valence electrons. The summed E-state index contributed by atoms with van der Waals surface area (Å²) >= 11 is 0. The Bertz CT molecular complexity index is 936. The van der Waals surface area contributed by atoms with E-state index in [1.54, 1.807) is 0 Å². The molecule has 0 aliphatic heterocycles. The van der Waals surface area contributed by atoms with E-state index in [0.29, 0.717) is 6.04 Å². The van der Waals surface area contributed by atoms with Gasteiger partial charge in [-0.2, -0.15) is 0 Å². The number of rotatable bonds is 4. The van der Waals surface area contributed by atoms with Crippen molar-refractivity contribution in [2.45, 2.75) is 19.9 Å². The highest BCUT2D eigenvalue weighted by Gasteiger charge is 2.13. The molecule has 0 aliphatic carbocycles. The van der Waals surface area contributed by atoms with Gasteiger partial charge < -0.3 is 9.88 Å². The molecule has 0 saturated carbocycles. The van der Waals surface area contributed by atoms with Crippen LogP contribution in [0.25, 0.3) is 22.4 Å². The van der Waals surface area contributed by atoms with E-state index in [0.717, 1.165) is 22.4 Å². The molecule has 4 rings (SSSR count). The van der Waals surface area contributed by atoms with Gasteiger partial charge >= 0.3 is 0 Å². The number of nitrogens with zero attached hydrogens (tertiary/aromatic N) is 2. The van der Waals surface area contributed by atoms with Crippen LogP contribution in [-0.4, -0.2) is 16.0 Å². The minimum atomic E-state index is 0.374. The maximum Gasteiger partial charge on any atom is 0.138 e. The summed E-state index contributed by atoms with van der Waals surface area (Å²) in [6, 6.07) is 27.6. The molecule has 25 heavy (non-hydrogen) atoms. The summed E-state index contributed by atoms with van der Waals surface area (Å²) in [5, 5.41) is 0. The van der Waals surface area contributed by atoms with Crippen molar-refractivity contribution in [1.82, 2.24) is 9.97 Å². The van der Waals surface area contributed by atoms with E-state index < -0.39 is 0 Å². The number of hydrogen-bond donors (Lipinski definition) is 1. The zero-order valence-electron chi connectivity index (χ0n) is 14.5. The largest absolute Gasteiger partial charge is 0.339 e. The predicted molar refractivity (Wildman–Crippen MR) is 105 cm³/mol. The van der Waals surface area contributed by atoms with E-state index in [2.05, 4.69) is 83.3 Å². The Hall–Kier alpha value is -3.07. The SMILES string of the molecule is CC(C)N(c1ccccc1)c1ccc(-c2nc3ccccc3[nH]2)cc1. The van der Waals surface area contributed by atoms with Crippen molar-refractivity contribution in [2.75, 3.05) is 4.90 Å². The third-order valence-corrected chi connectivity index (χ3v) is 4.36. The minimum absolute atomic E-state index is 0.374. The van der Waals surface area contributed by atoms with Crippen molar-refractivity contribution >= 4 is 22.4 Å². The molecule has 0 fully saturated rings. The Labute approximate surface area is 148 Å². The molecule has 3 heteroatoms. The quantitative estimate of drug-likeness (QED) is 0.515. The van der Waals surface area contributed by atoms with Gasteiger partial charge in [0.25, 0.3) is 0 Å². The van der Waals surface area contributed by atoms with Crippen molar-refractivity contribution in [1.29, 1.82) is 0 Å². The molecule has 0 saturated heterocycles. The number of H-pyrrole nitrogens is 1. The monoisotopic (exact) mass is 327 g/mol. The molecule has 0 amide bonds. The second kappa shape index (κ2) is 6.44. The Kier molecular flexibility index (Phi) is 3.98. The van der Waals surface area contributed by atoms with Crippen LogP contribution in [0.1, 0.15) is 13.8 Å². The number of aromatic amines is 1. The van der Waals surface area contributed by atoms with Gasteiger partial charge in [0.15, 0.2) is 0 Å². The van der Waals surface area contributed by atoms with Gasteiger partial charge in [-0.1, -0.05) is 30.3 Å². The molecule has 3 aromatic carbocycles. The van der Waals surface area contributed by atoms with Gasteiger partial charge in [-0.15, -0.1) is 0 Å². The molecular formula is C22H21N3. The summed E-state index contributed by atoms with van der Waals surface area (Å²) in [5.41, 5.74) is 5.54. The van der Waals surface area contributed by atoms with Crippen molar-refractivity contribution in [2.24, 2.45) is 0 Å². The molecule has 0 atom stereocenters. The lowest BCUT2D eigenvalue weighted by Crippen LogP contribution is -2.25. The van der Waals surface area contributed by atoms with Gasteiger partial charge in [0.2, 0.25) is 0 Å². The summed E-state index contributed by atoms with van der Waals surface area (Å²) in [4.78, 5) is 10.4. The Balaban J connectivity index is 1.69. The minimum Gasteiger partial charge on any atom is -0.339 e. The molecular weight excluding hydrogens is 306 g/mol. The lowest BCUT2D eigenvalue weighted by Gasteiger charge is -2.29. The first-order valence-corrected chi connectivity index (χ1v) is 8.62. The molecule has 0 unspecified atom stereocenters. The first-order valence-electron chi connectivity index (χ1n) is 8.62. The van der Waals surface area contributed by atoms with E-state index in [-0.39, 0.29) is 0 Å². The number of hydrogen-bond acceptors (Lipinski definition) is 2. The number of aromatic nitrogens is 2. The van der Waals surface area contributed by atoms with Crippen LogP contribution < -0.4 is 4.90 Å². The van der Waals surface area contributed by atoms with Crippen molar-refractivity contribution < 1.29 is 0 Å². The highest BCUT2D eigenvalue weighted by Crippen LogP contribution is 2.30. The van der Waals surface area contributed by atoms with Gasteiger partial charge in [0, 0.05) is 23.0 Å². The average molecular weight is 327 g/mol. The van der Waals surface area contributed by atoms with Crippen LogP contribution in [0.5, 0.6) is 0 Å². The number of anilines is 2. The molecule has 0 spiro atoms. The Morgan fingerprint density at radius 1 is 0.760 bits per heavy atom. The average Bonchev–Trinajstić information content (AvgIpc) is 3.07. The van der Waals surface area contributed by atoms with E-state index in [1.807, 2.05) is 24.3 Å². The van der Waals surface area contributed by atoms with Gasteiger partial charge in [-0.3, -0.25) is 0 Å². The number of imidazole rings is 1. The third kappa shape index (κ3) is 3.01. The number of para-hydroxylation sites is 3. The fourth-order valence-electron chi connectivity index (χ4n) is 3.20. The van der Waals surface area contributed by atoms with E-state index in [4.69, 9.17) is 0 Å². The highest BCUT2D eigenvalue weighted by molar-refractivity contribution is 5.79. The van der Waals surface area contributed by atoms with Gasteiger partial charge in [-0.25, -0.2) is 4.98 Å². The highest BCUT2D eigenvalue weighted by atomic mass is 15.2. The van der Waals surface area contributed by atoms with E-state index in [9.17, 15) is 0 Å². The zero-order valence-corrected chi connectivity index (χ0v) is 14.5. The molecule has 3 nitrogen and oxygen atoms in total. The fraction of sp³-hybridized carbons (Fsp3) is 0.136. The fourth-order valence-corrected chi connectivity index (χ4v) is 3.20. The molecule has 0 aliphatic rings. The third-order valence-electron chi connectivity index (χ3n) is 4.36. The van der Waals surface area contributed by atoms with Crippen LogP contribution >= 0.6 is 0 Å². The van der Waals surface area contributed by atoms with Crippen molar-refractivity contribution in [3.05, 3.63) is 78.9 Å². The molecule has 4 aromatic rings. The summed E-state index contributed by atoms with van der Waals surface area (Å²) in [6.45, 7) is 4.42. The maximum absolute atomic E-state index is 4.68. The Morgan fingerprint density at radius 3 is 2.08 bits per heavy atom. The first kappa shape index (κ1) is 15.5. The maximum atomic E-state index is 4.68. The van der Waals surface area contributed by atoms with Crippen LogP contribution in [-0.2, 0) is 0 Å². The van der Waals surface area contributed by atoms with Crippen molar-refractivity contribution in [3.63, 3.8) is 0 Å². The summed E-state index contributed by atoms with van der Waals surface area (Å²) in [7, 11) is 0. The number of fused-ring (bicyclic) bond motifs is 1. The topological polar surface area (TPSA) is 31.9 Å². The van der Waals surface area contributed by atoms with Crippen molar-refractivity contribution in [3.8, 4) is 11.4 Å². The lowest BCUT2D eigenvalue weighted by atomic mass is 10.1. The summed E-state index contributed by atoms with van der Waals surface area (Å²) in [6.07, 6.45) is 0. The lowest BCUT2D eigenvalue weighted by molar-refractivity contribution is 0.789. The van der Waals surface area contributed by atoms with Crippen LogP contribution in [0.3, 0.4) is 0 Å². The molecule has 0 bridgehead atoms. The van der Waals surface area contributed by atoms with Gasteiger partial charge in [0.05, 0.1) is 11.0 Å².